The van der Waals surface area contributed by atoms with Crippen molar-refractivity contribution in [3.8, 4) is 11.5 Å². The Labute approximate surface area is 151 Å². The van der Waals surface area contributed by atoms with Gasteiger partial charge in [-0.05, 0) is 36.4 Å². The van der Waals surface area contributed by atoms with Gasteiger partial charge >= 0.3 is 0 Å². The predicted molar refractivity (Wildman–Crippen MR) is 95.5 cm³/mol. The molecule has 132 valence electrons. The highest BCUT2D eigenvalue weighted by Crippen LogP contribution is 2.38. The number of rotatable bonds is 3. The standard InChI is InChI=1S/C19H20ClFN2O2/c20-17-11-14(12-18-19(17)25-10-9-24-18)13-22-5-7-23(8-6-22)16-3-1-15(21)2-4-16/h1-4,11-12H,5-10,13H2/p+1. The molecule has 4 nitrogen and oxygen atoms in total. The van der Waals surface area contributed by atoms with E-state index in [9.17, 15) is 4.39 Å². The third-order valence-electron chi connectivity index (χ3n) is 4.77. The van der Waals surface area contributed by atoms with E-state index >= 15 is 0 Å². The summed E-state index contributed by atoms with van der Waals surface area (Å²) < 4.78 is 24.3. The molecule has 2 aromatic rings. The third kappa shape index (κ3) is 3.67. The van der Waals surface area contributed by atoms with E-state index < -0.39 is 0 Å². The molecule has 2 heterocycles. The maximum Gasteiger partial charge on any atom is 0.179 e. The van der Waals surface area contributed by atoms with Gasteiger partial charge in [0.25, 0.3) is 0 Å². The van der Waals surface area contributed by atoms with Crippen molar-refractivity contribution in [3.05, 3.63) is 52.8 Å². The molecule has 25 heavy (non-hydrogen) atoms. The summed E-state index contributed by atoms with van der Waals surface area (Å²) in [4.78, 5) is 3.81. The van der Waals surface area contributed by atoms with Crippen molar-refractivity contribution >= 4 is 17.3 Å². The van der Waals surface area contributed by atoms with E-state index in [1.165, 1.54) is 22.6 Å². The molecule has 4 rings (SSSR count). The van der Waals surface area contributed by atoms with E-state index in [1.807, 2.05) is 24.3 Å². The van der Waals surface area contributed by atoms with E-state index in [4.69, 9.17) is 21.1 Å². The first-order valence-corrected chi connectivity index (χ1v) is 8.99. The smallest absolute Gasteiger partial charge is 0.179 e. The summed E-state index contributed by atoms with van der Waals surface area (Å²) in [7, 11) is 0. The molecule has 0 radical (unpaired) electrons. The molecule has 2 aliphatic heterocycles. The van der Waals surface area contributed by atoms with Crippen LogP contribution in [0, 0.1) is 5.82 Å². The van der Waals surface area contributed by atoms with Gasteiger partial charge in [-0.25, -0.2) is 4.39 Å². The Bertz CT molecular complexity index is 746. The first-order valence-electron chi connectivity index (χ1n) is 8.61. The van der Waals surface area contributed by atoms with Gasteiger partial charge < -0.3 is 19.3 Å². The fourth-order valence-electron chi connectivity index (χ4n) is 3.46. The topological polar surface area (TPSA) is 26.1 Å². The molecule has 6 heteroatoms. The van der Waals surface area contributed by atoms with Crippen LogP contribution in [0.3, 0.4) is 0 Å². The van der Waals surface area contributed by atoms with Crippen LogP contribution in [0.15, 0.2) is 36.4 Å². The van der Waals surface area contributed by atoms with Crippen LogP contribution in [0.1, 0.15) is 5.56 Å². The molecule has 0 spiro atoms. The summed E-state index contributed by atoms with van der Waals surface area (Å²) in [5.41, 5.74) is 2.25. The van der Waals surface area contributed by atoms with Gasteiger partial charge in [-0.15, -0.1) is 0 Å². The molecule has 0 aliphatic carbocycles. The number of anilines is 1. The monoisotopic (exact) mass is 363 g/mol. The zero-order valence-corrected chi connectivity index (χ0v) is 14.7. The second kappa shape index (κ2) is 7.10. The van der Waals surface area contributed by atoms with Crippen molar-refractivity contribution in [1.82, 2.24) is 0 Å². The zero-order chi connectivity index (χ0) is 17.2. The predicted octanol–water partition coefficient (Wildman–Crippen LogP) is 2.16. The molecular formula is C19H21ClFN2O2+. The third-order valence-corrected chi connectivity index (χ3v) is 5.05. The lowest BCUT2D eigenvalue weighted by Gasteiger charge is -2.34. The van der Waals surface area contributed by atoms with E-state index in [0.29, 0.717) is 24.0 Å². The van der Waals surface area contributed by atoms with Crippen LogP contribution in [-0.4, -0.2) is 39.4 Å². The van der Waals surface area contributed by atoms with Gasteiger partial charge in [-0.3, -0.25) is 0 Å². The SMILES string of the molecule is Fc1ccc(N2CC[NH+](Cc3cc(Cl)c4c(c3)OCCO4)CC2)cc1. The van der Waals surface area contributed by atoms with Crippen LogP contribution in [0.25, 0.3) is 0 Å². The molecule has 1 N–H and O–H groups in total. The van der Waals surface area contributed by atoms with Crippen molar-refractivity contribution in [2.75, 3.05) is 44.3 Å². The molecule has 0 bridgehead atoms. The van der Waals surface area contributed by atoms with E-state index in [0.717, 1.165) is 44.2 Å². The number of nitrogens with one attached hydrogen (secondary N) is 1. The summed E-state index contributed by atoms with van der Waals surface area (Å²) in [5, 5.41) is 0.622. The fourth-order valence-corrected chi connectivity index (χ4v) is 3.75. The van der Waals surface area contributed by atoms with Crippen molar-refractivity contribution in [2.24, 2.45) is 0 Å². The Morgan fingerprint density at radius 1 is 1.04 bits per heavy atom. The normalized spacial score (nSPS) is 17.6. The number of piperazine rings is 1. The summed E-state index contributed by atoms with van der Waals surface area (Å²) in [6.45, 7) is 6.00. The van der Waals surface area contributed by atoms with Gasteiger partial charge in [0.2, 0.25) is 0 Å². The minimum atomic E-state index is -0.191. The fraction of sp³-hybridized carbons (Fsp3) is 0.368. The number of fused-ring (bicyclic) bond motifs is 1. The maximum atomic E-state index is 13.1. The molecular weight excluding hydrogens is 343 g/mol. The van der Waals surface area contributed by atoms with Gasteiger partial charge in [0.15, 0.2) is 11.5 Å². The lowest BCUT2D eigenvalue weighted by molar-refractivity contribution is -0.914. The maximum absolute atomic E-state index is 13.1. The molecule has 1 fully saturated rings. The molecule has 0 amide bonds. The molecule has 2 aromatic carbocycles. The summed E-state index contributed by atoms with van der Waals surface area (Å²) >= 11 is 6.33. The number of ether oxygens (including phenoxy) is 2. The number of quaternary nitrogens is 1. The molecule has 0 unspecified atom stereocenters. The average Bonchev–Trinajstić information content (AvgIpc) is 2.63. The van der Waals surface area contributed by atoms with Crippen LogP contribution in [-0.2, 0) is 6.54 Å². The summed E-state index contributed by atoms with van der Waals surface area (Å²) in [6, 6.07) is 10.8. The number of benzene rings is 2. The van der Waals surface area contributed by atoms with Gasteiger partial charge in [0, 0.05) is 11.3 Å². The van der Waals surface area contributed by atoms with E-state index in [-0.39, 0.29) is 5.82 Å². The Morgan fingerprint density at radius 2 is 1.76 bits per heavy atom. The largest absolute Gasteiger partial charge is 0.486 e. The second-order valence-corrected chi connectivity index (χ2v) is 6.90. The summed E-state index contributed by atoms with van der Waals surface area (Å²) in [5.74, 6) is 1.22. The highest BCUT2D eigenvalue weighted by molar-refractivity contribution is 6.32. The van der Waals surface area contributed by atoms with Crippen molar-refractivity contribution in [3.63, 3.8) is 0 Å². The molecule has 0 aromatic heterocycles. The highest BCUT2D eigenvalue weighted by atomic mass is 35.5. The Balaban J connectivity index is 1.39. The van der Waals surface area contributed by atoms with Gasteiger partial charge in [0.05, 0.1) is 31.2 Å². The van der Waals surface area contributed by atoms with Crippen molar-refractivity contribution in [1.29, 1.82) is 0 Å². The average molecular weight is 364 g/mol. The molecule has 0 atom stereocenters. The van der Waals surface area contributed by atoms with Crippen LogP contribution in [0.4, 0.5) is 10.1 Å². The van der Waals surface area contributed by atoms with E-state index in [2.05, 4.69) is 4.90 Å². The quantitative estimate of drug-likeness (QED) is 0.905. The lowest BCUT2D eigenvalue weighted by atomic mass is 10.1. The first kappa shape index (κ1) is 16.5. The number of hydrogen-bond donors (Lipinski definition) is 1. The number of hydrogen-bond acceptors (Lipinski definition) is 3. The molecule has 2 aliphatic rings. The van der Waals surface area contributed by atoms with Crippen LogP contribution in [0.5, 0.6) is 11.5 Å². The van der Waals surface area contributed by atoms with E-state index in [1.54, 1.807) is 0 Å². The zero-order valence-electron chi connectivity index (χ0n) is 13.9. The Morgan fingerprint density at radius 3 is 2.52 bits per heavy atom. The minimum Gasteiger partial charge on any atom is -0.486 e. The second-order valence-electron chi connectivity index (χ2n) is 6.49. The van der Waals surface area contributed by atoms with Crippen LogP contribution in [0.2, 0.25) is 5.02 Å². The Hall–Kier alpha value is -1.98. The van der Waals surface area contributed by atoms with Gasteiger partial charge in [0.1, 0.15) is 25.6 Å². The van der Waals surface area contributed by atoms with Crippen molar-refractivity contribution in [2.45, 2.75) is 6.54 Å². The minimum absolute atomic E-state index is 0.191. The number of nitrogens with zero attached hydrogens (tertiary/aromatic N) is 1. The number of halogens is 2. The Kier molecular flexibility index (Phi) is 4.68. The van der Waals surface area contributed by atoms with Gasteiger partial charge in [-0.2, -0.15) is 0 Å². The van der Waals surface area contributed by atoms with Crippen molar-refractivity contribution < 1.29 is 18.8 Å². The molecule has 0 saturated carbocycles. The highest BCUT2D eigenvalue weighted by Gasteiger charge is 2.22. The van der Waals surface area contributed by atoms with Gasteiger partial charge in [-0.1, -0.05) is 11.6 Å². The van der Waals surface area contributed by atoms with Crippen LogP contribution < -0.4 is 19.3 Å². The first-order chi connectivity index (χ1) is 12.2. The lowest BCUT2D eigenvalue weighted by Crippen LogP contribution is -3.13. The summed E-state index contributed by atoms with van der Waals surface area (Å²) in [6.07, 6.45) is 0. The molecule has 1 saturated heterocycles. The van der Waals surface area contributed by atoms with Crippen LogP contribution >= 0.6 is 11.6 Å².